The number of carbonyl (C=O) groups excluding carboxylic acids is 2. The number of fused-ring (bicyclic) bond motifs is 4. The van der Waals surface area contributed by atoms with Crippen LogP contribution in [-0.4, -0.2) is 17.6 Å². The van der Waals surface area contributed by atoms with Crippen molar-refractivity contribution in [3.05, 3.63) is 99.4 Å². The lowest BCUT2D eigenvalue weighted by molar-refractivity contribution is 0.0990. The first kappa shape index (κ1) is 20.8. The maximum Gasteiger partial charge on any atom is 0.197 e. The fraction of sp³-hybridized carbons (Fsp3) is 0.226. The van der Waals surface area contributed by atoms with Crippen molar-refractivity contribution in [3.63, 3.8) is 0 Å². The summed E-state index contributed by atoms with van der Waals surface area (Å²) in [6, 6.07) is 23.1. The molecule has 3 nitrogen and oxygen atoms in total. The van der Waals surface area contributed by atoms with Crippen LogP contribution in [0.1, 0.15) is 68.8 Å². The molecule has 0 unspecified atom stereocenters. The zero-order chi connectivity index (χ0) is 23.5. The van der Waals surface area contributed by atoms with Crippen molar-refractivity contribution in [2.24, 2.45) is 0 Å². The molecule has 1 saturated carbocycles. The highest BCUT2D eigenvalue weighted by atomic mass is 32.1. The van der Waals surface area contributed by atoms with Crippen LogP contribution < -0.4 is 4.90 Å². The molecule has 7 rings (SSSR count). The number of thiophene rings is 1. The van der Waals surface area contributed by atoms with Crippen molar-refractivity contribution >= 4 is 50.4 Å². The van der Waals surface area contributed by atoms with Gasteiger partial charge in [-0.1, -0.05) is 61.7 Å². The predicted molar refractivity (Wildman–Crippen MR) is 143 cm³/mol. The SMILES string of the molecule is O=C1C(=Cc2cc3c(s2)N(C2CCCCC2)c2ccccc2C3)C(=O)c2cc3ccccc3cc21. The van der Waals surface area contributed by atoms with Crippen LogP contribution in [-0.2, 0) is 6.42 Å². The fourth-order valence-corrected chi connectivity index (χ4v) is 7.25. The van der Waals surface area contributed by atoms with Crippen molar-refractivity contribution in [2.45, 2.75) is 44.6 Å². The van der Waals surface area contributed by atoms with E-state index in [1.807, 2.05) is 42.5 Å². The highest BCUT2D eigenvalue weighted by molar-refractivity contribution is 7.17. The summed E-state index contributed by atoms with van der Waals surface area (Å²) in [6.45, 7) is 0. The van der Waals surface area contributed by atoms with E-state index in [1.165, 1.54) is 53.9 Å². The molecule has 0 atom stereocenters. The maximum atomic E-state index is 13.3. The molecule has 1 aromatic heterocycles. The molecule has 0 bridgehead atoms. The number of para-hydroxylation sites is 1. The molecule has 172 valence electrons. The van der Waals surface area contributed by atoms with E-state index in [-0.39, 0.29) is 17.1 Å². The van der Waals surface area contributed by atoms with Gasteiger partial charge < -0.3 is 4.90 Å². The highest BCUT2D eigenvalue weighted by Crippen LogP contribution is 2.47. The molecule has 1 fully saturated rings. The third-order valence-electron chi connectivity index (χ3n) is 7.75. The Labute approximate surface area is 208 Å². The average Bonchev–Trinajstić information content (AvgIpc) is 3.40. The third kappa shape index (κ3) is 3.31. The van der Waals surface area contributed by atoms with E-state index in [0.29, 0.717) is 17.2 Å². The normalized spacial score (nSPS) is 17.5. The third-order valence-corrected chi connectivity index (χ3v) is 8.87. The van der Waals surface area contributed by atoms with E-state index in [2.05, 4.69) is 35.2 Å². The summed E-state index contributed by atoms with van der Waals surface area (Å²) in [7, 11) is 0. The molecule has 0 radical (unpaired) electrons. The van der Waals surface area contributed by atoms with Crippen LogP contribution in [0, 0.1) is 0 Å². The van der Waals surface area contributed by atoms with Gasteiger partial charge in [0, 0.05) is 34.2 Å². The van der Waals surface area contributed by atoms with Gasteiger partial charge in [0.1, 0.15) is 0 Å². The second-order valence-electron chi connectivity index (χ2n) is 9.91. The first-order valence-electron chi connectivity index (χ1n) is 12.5. The second-order valence-corrected chi connectivity index (χ2v) is 11.0. The van der Waals surface area contributed by atoms with Crippen molar-refractivity contribution in [2.75, 3.05) is 4.90 Å². The summed E-state index contributed by atoms with van der Waals surface area (Å²) in [6.07, 6.45) is 9.02. The molecule has 0 spiro atoms. The summed E-state index contributed by atoms with van der Waals surface area (Å²) in [4.78, 5) is 30.1. The van der Waals surface area contributed by atoms with E-state index in [4.69, 9.17) is 0 Å². The molecule has 1 aliphatic heterocycles. The molecule has 0 saturated heterocycles. The molecular formula is C31H25NO2S. The van der Waals surface area contributed by atoms with Crippen LogP contribution >= 0.6 is 11.3 Å². The van der Waals surface area contributed by atoms with Gasteiger partial charge >= 0.3 is 0 Å². The maximum absolute atomic E-state index is 13.3. The number of Topliss-reactive ketones (excluding diaryl/α,β-unsaturated/α-hetero) is 2. The zero-order valence-corrected chi connectivity index (χ0v) is 20.2. The average molecular weight is 476 g/mol. The number of hydrogen-bond donors (Lipinski definition) is 0. The number of rotatable bonds is 2. The summed E-state index contributed by atoms with van der Waals surface area (Å²) < 4.78 is 0. The monoisotopic (exact) mass is 475 g/mol. The van der Waals surface area contributed by atoms with E-state index >= 15 is 0 Å². The van der Waals surface area contributed by atoms with Gasteiger partial charge in [-0.05, 0) is 65.1 Å². The van der Waals surface area contributed by atoms with Gasteiger partial charge in [0.2, 0.25) is 0 Å². The number of allylic oxidation sites excluding steroid dienone is 1. The Hall–Kier alpha value is -3.50. The van der Waals surface area contributed by atoms with Gasteiger partial charge in [-0.25, -0.2) is 0 Å². The molecule has 35 heavy (non-hydrogen) atoms. The molecular weight excluding hydrogens is 450 g/mol. The largest absolute Gasteiger partial charge is 0.330 e. The van der Waals surface area contributed by atoms with Gasteiger partial charge in [0.25, 0.3) is 0 Å². The molecule has 0 N–H and O–H groups in total. The molecule has 2 aliphatic carbocycles. The summed E-state index contributed by atoms with van der Waals surface area (Å²) in [5, 5.41) is 3.26. The smallest absolute Gasteiger partial charge is 0.197 e. The molecule has 3 aromatic carbocycles. The minimum atomic E-state index is -0.158. The molecule has 2 heterocycles. The van der Waals surface area contributed by atoms with Crippen molar-refractivity contribution in [1.29, 1.82) is 0 Å². The van der Waals surface area contributed by atoms with Gasteiger partial charge in [-0.3, -0.25) is 9.59 Å². The van der Waals surface area contributed by atoms with Crippen LogP contribution in [0.5, 0.6) is 0 Å². The second kappa shape index (κ2) is 8.03. The Morgan fingerprint density at radius 3 is 2.14 bits per heavy atom. The van der Waals surface area contributed by atoms with Crippen molar-refractivity contribution in [3.8, 4) is 0 Å². The first-order valence-corrected chi connectivity index (χ1v) is 13.3. The minimum absolute atomic E-state index is 0.158. The molecule has 4 aromatic rings. The Kier molecular flexibility index (Phi) is 4.78. The van der Waals surface area contributed by atoms with Gasteiger partial charge in [-0.15, -0.1) is 11.3 Å². The van der Waals surface area contributed by atoms with Gasteiger partial charge in [0.05, 0.1) is 10.6 Å². The first-order chi connectivity index (χ1) is 17.2. The quantitative estimate of drug-likeness (QED) is 0.220. The number of anilines is 2. The zero-order valence-electron chi connectivity index (χ0n) is 19.4. The Balaban J connectivity index is 1.30. The molecule has 0 amide bonds. The number of ketones is 2. The summed E-state index contributed by atoms with van der Waals surface area (Å²) >= 11 is 1.72. The van der Waals surface area contributed by atoms with Crippen LogP contribution in [0.4, 0.5) is 10.7 Å². The number of nitrogens with zero attached hydrogens (tertiary/aromatic N) is 1. The van der Waals surface area contributed by atoms with Crippen molar-refractivity contribution in [1.82, 2.24) is 0 Å². The topological polar surface area (TPSA) is 37.4 Å². The predicted octanol–water partition coefficient (Wildman–Crippen LogP) is 7.74. The van der Waals surface area contributed by atoms with E-state index in [1.54, 1.807) is 11.3 Å². The van der Waals surface area contributed by atoms with Crippen molar-refractivity contribution < 1.29 is 9.59 Å². The van der Waals surface area contributed by atoms with Crippen LogP contribution in [0.3, 0.4) is 0 Å². The van der Waals surface area contributed by atoms with E-state index in [9.17, 15) is 9.59 Å². The lowest BCUT2D eigenvalue weighted by atomic mass is 9.91. The van der Waals surface area contributed by atoms with Crippen LogP contribution in [0.15, 0.2) is 72.3 Å². The van der Waals surface area contributed by atoms with Gasteiger partial charge in [-0.2, -0.15) is 0 Å². The molecule has 4 heteroatoms. The standard InChI is InChI=1S/C31H25NO2S/c33-29-25-16-19-8-4-5-9-20(19)17-26(25)30(34)27(29)18-24-15-22-14-21-10-6-7-13-28(21)32(31(22)35-24)23-11-2-1-3-12-23/h4-10,13,15-18,23H,1-3,11-12,14H2. The summed E-state index contributed by atoms with van der Waals surface area (Å²) in [5.41, 5.74) is 5.31. The number of hydrogen-bond acceptors (Lipinski definition) is 4. The Bertz CT molecular complexity index is 1500. The number of carbonyl (C=O) groups is 2. The van der Waals surface area contributed by atoms with Crippen LogP contribution in [0.2, 0.25) is 0 Å². The fourth-order valence-electron chi connectivity index (χ4n) is 6.04. The van der Waals surface area contributed by atoms with E-state index < -0.39 is 0 Å². The Morgan fingerprint density at radius 1 is 0.771 bits per heavy atom. The van der Waals surface area contributed by atoms with E-state index in [0.717, 1.165) is 22.1 Å². The summed E-state index contributed by atoms with van der Waals surface area (Å²) in [5.74, 6) is -0.316. The number of benzene rings is 3. The lowest BCUT2D eigenvalue weighted by Crippen LogP contribution is -2.35. The highest BCUT2D eigenvalue weighted by Gasteiger charge is 2.35. The molecule has 3 aliphatic rings. The minimum Gasteiger partial charge on any atom is -0.330 e. The van der Waals surface area contributed by atoms with Gasteiger partial charge in [0.15, 0.2) is 11.6 Å². The van der Waals surface area contributed by atoms with Crippen LogP contribution in [0.25, 0.3) is 16.8 Å². The lowest BCUT2D eigenvalue weighted by Gasteiger charge is -2.39. The Morgan fingerprint density at radius 2 is 1.43 bits per heavy atom.